The zero-order valence-electron chi connectivity index (χ0n) is 7.77. The van der Waals surface area contributed by atoms with E-state index in [1.54, 1.807) is 13.0 Å². The second-order valence-corrected chi connectivity index (χ2v) is 3.18. The van der Waals surface area contributed by atoms with Crippen molar-refractivity contribution in [1.82, 2.24) is 9.97 Å². The molecule has 0 saturated carbocycles. The minimum Gasteiger partial charge on any atom is -0.393 e. The lowest BCUT2D eigenvalue weighted by atomic mass is 10.1. The van der Waals surface area contributed by atoms with Crippen LogP contribution in [0.1, 0.15) is 25.5 Å². The molecule has 1 aromatic rings. The number of hydrogen-bond acceptors (Lipinski definition) is 4. The number of aryl methyl sites for hydroxylation is 1. The molecule has 0 saturated heterocycles. The van der Waals surface area contributed by atoms with Gasteiger partial charge in [0, 0.05) is 11.8 Å². The summed E-state index contributed by atoms with van der Waals surface area (Å²) < 4.78 is 0. The van der Waals surface area contributed by atoms with Crippen molar-refractivity contribution in [2.45, 2.75) is 32.3 Å². The zero-order valence-corrected chi connectivity index (χ0v) is 7.77. The fourth-order valence-electron chi connectivity index (χ4n) is 1.13. The lowest BCUT2D eigenvalue weighted by molar-refractivity contribution is 0.181. The molecule has 4 heteroatoms. The van der Waals surface area contributed by atoms with Crippen molar-refractivity contribution >= 4 is 5.82 Å². The molecule has 0 bridgehead atoms. The monoisotopic (exact) mass is 181 g/mol. The predicted octanol–water partition coefficient (Wildman–Crippen LogP) is 0.762. The molecule has 1 aromatic heterocycles. The Morgan fingerprint density at radius 3 is 2.92 bits per heavy atom. The molecule has 0 aliphatic heterocycles. The second kappa shape index (κ2) is 4.77. The number of aliphatic hydroxyl groups is 1. The molecule has 0 amide bonds. The van der Waals surface area contributed by atoms with Gasteiger partial charge in [-0.25, -0.2) is 9.97 Å². The Hall–Kier alpha value is -1.16. The van der Waals surface area contributed by atoms with E-state index in [0.717, 1.165) is 25.0 Å². The number of nitrogens with two attached hydrogens (primary N) is 1. The molecular formula is C9H15N3O. The smallest absolute Gasteiger partial charge is 0.126 e. The van der Waals surface area contributed by atoms with Crippen molar-refractivity contribution in [1.29, 1.82) is 0 Å². The van der Waals surface area contributed by atoms with Crippen LogP contribution in [-0.2, 0) is 6.42 Å². The van der Waals surface area contributed by atoms with E-state index in [1.807, 2.05) is 0 Å². The van der Waals surface area contributed by atoms with E-state index in [2.05, 4.69) is 9.97 Å². The average Bonchev–Trinajstić information content (AvgIpc) is 2.03. The lowest BCUT2D eigenvalue weighted by Gasteiger charge is -2.03. The van der Waals surface area contributed by atoms with Gasteiger partial charge in [-0.2, -0.15) is 0 Å². The van der Waals surface area contributed by atoms with Gasteiger partial charge >= 0.3 is 0 Å². The van der Waals surface area contributed by atoms with Gasteiger partial charge in [-0.1, -0.05) is 0 Å². The van der Waals surface area contributed by atoms with E-state index in [0.29, 0.717) is 5.82 Å². The first-order valence-electron chi connectivity index (χ1n) is 4.43. The van der Waals surface area contributed by atoms with E-state index in [4.69, 9.17) is 10.8 Å². The Morgan fingerprint density at radius 2 is 2.31 bits per heavy atom. The van der Waals surface area contributed by atoms with Gasteiger partial charge < -0.3 is 10.8 Å². The van der Waals surface area contributed by atoms with Gasteiger partial charge in [0.05, 0.1) is 6.10 Å². The fraction of sp³-hybridized carbons (Fsp3) is 0.556. The standard InChI is InChI=1S/C9H15N3O/c1-7(13)3-2-4-8-5-9(10)12-6-11-8/h5-7,13H,2-4H2,1H3,(H2,10,11,12). The van der Waals surface area contributed by atoms with Gasteiger partial charge in [-0.05, 0) is 26.2 Å². The van der Waals surface area contributed by atoms with Crippen molar-refractivity contribution in [2.75, 3.05) is 5.73 Å². The van der Waals surface area contributed by atoms with Gasteiger partial charge in [0.25, 0.3) is 0 Å². The Morgan fingerprint density at radius 1 is 1.54 bits per heavy atom. The summed E-state index contributed by atoms with van der Waals surface area (Å²) in [5.74, 6) is 0.502. The maximum atomic E-state index is 9.03. The molecule has 72 valence electrons. The first kappa shape index (κ1) is 9.92. The van der Waals surface area contributed by atoms with Crippen LogP contribution in [0.25, 0.3) is 0 Å². The van der Waals surface area contributed by atoms with Crippen molar-refractivity contribution < 1.29 is 5.11 Å². The highest BCUT2D eigenvalue weighted by Crippen LogP contribution is 2.05. The molecule has 0 aromatic carbocycles. The lowest BCUT2D eigenvalue weighted by Crippen LogP contribution is -2.01. The molecule has 0 aliphatic carbocycles. The van der Waals surface area contributed by atoms with Gasteiger partial charge in [-0.15, -0.1) is 0 Å². The summed E-state index contributed by atoms with van der Waals surface area (Å²) in [4.78, 5) is 7.86. The van der Waals surface area contributed by atoms with E-state index in [-0.39, 0.29) is 6.10 Å². The zero-order chi connectivity index (χ0) is 9.68. The minimum atomic E-state index is -0.237. The minimum absolute atomic E-state index is 0.237. The summed E-state index contributed by atoms with van der Waals surface area (Å²) in [6.07, 6.45) is 3.79. The summed E-state index contributed by atoms with van der Waals surface area (Å²) in [7, 11) is 0. The SMILES string of the molecule is CC(O)CCCc1cc(N)ncn1. The summed E-state index contributed by atoms with van der Waals surface area (Å²) >= 11 is 0. The number of aliphatic hydroxyl groups excluding tert-OH is 1. The molecule has 4 nitrogen and oxygen atoms in total. The molecule has 1 unspecified atom stereocenters. The average molecular weight is 181 g/mol. The van der Waals surface area contributed by atoms with Gasteiger partial charge in [0.1, 0.15) is 12.1 Å². The largest absolute Gasteiger partial charge is 0.393 e. The third-order valence-electron chi connectivity index (χ3n) is 1.80. The Balaban J connectivity index is 2.37. The van der Waals surface area contributed by atoms with Crippen LogP contribution in [0, 0.1) is 0 Å². The van der Waals surface area contributed by atoms with Gasteiger partial charge in [-0.3, -0.25) is 0 Å². The molecule has 0 fully saturated rings. The van der Waals surface area contributed by atoms with Crippen molar-refractivity contribution in [3.63, 3.8) is 0 Å². The van der Waals surface area contributed by atoms with Crippen molar-refractivity contribution in [2.24, 2.45) is 0 Å². The van der Waals surface area contributed by atoms with Crippen LogP contribution in [0.15, 0.2) is 12.4 Å². The van der Waals surface area contributed by atoms with Crippen molar-refractivity contribution in [3.05, 3.63) is 18.1 Å². The normalized spacial score (nSPS) is 12.8. The number of nitrogen functional groups attached to an aromatic ring is 1. The molecule has 3 N–H and O–H groups in total. The van der Waals surface area contributed by atoms with E-state index in [9.17, 15) is 0 Å². The van der Waals surface area contributed by atoms with Gasteiger partial charge in [0.2, 0.25) is 0 Å². The third kappa shape index (κ3) is 3.85. The molecule has 13 heavy (non-hydrogen) atoms. The number of aromatic nitrogens is 2. The highest BCUT2D eigenvalue weighted by Gasteiger charge is 1.98. The first-order chi connectivity index (χ1) is 6.18. The van der Waals surface area contributed by atoms with Crippen LogP contribution < -0.4 is 5.73 Å². The highest BCUT2D eigenvalue weighted by molar-refractivity contribution is 5.27. The fourth-order valence-corrected chi connectivity index (χ4v) is 1.13. The van der Waals surface area contributed by atoms with Crippen LogP contribution in [0.4, 0.5) is 5.82 Å². The van der Waals surface area contributed by atoms with Crippen molar-refractivity contribution in [3.8, 4) is 0 Å². The summed E-state index contributed by atoms with van der Waals surface area (Å²) in [5, 5.41) is 9.03. The number of anilines is 1. The number of rotatable bonds is 4. The number of hydrogen-bond donors (Lipinski definition) is 2. The maximum Gasteiger partial charge on any atom is 0.126 e. The molecular weight excluding hydrogens is 166 g/mol. The summed E-state index contributed by atoms with van der Waals surface area (Å²) in [6.45, 7) is 1.79. The van der Waals surface area contributed by atoms with E-state index in [1.165, 1.54) is 6.33 Å². The molecule has 1 atom stereocenters. The molecule has 1 heterocycles. The summed E-state index contributed by atoms with van der Waals surface area (Å²) in [5.41, 5.74) is 6.43. The van der Waals surface area contributed by atoms with Crippen LogP contribution in [0.3, 0.4) is 0 Å². The van der Waals surface area contributed by atoms with Gasteiger partial charge in [0.15, 0.2) is 0 Å². The third-order valence-corrected chi connectivity index (χ3v) is 1.80. The molecule has 1 rings (SSSR count). The number of nitrogens with zero attached hydrogens (tertiary/aromatic N) is 2. The topological polar surface area (TPSA) is 72.0 Å². The van der Waals surface area contributed by atoms with Crippen LogP contribution in [0.5, 0.6) is 0 Å². The van der Waals surface area contributed by atoms with Crippen LogP contribution in [-0.4, -0.2) is 21.2 Å². The van der Waals surface area contributed by atoms with E-state index < -0.39 is 0 Å². The maximum absolute atomic E-state index is 9.03. The molecule has 0 aliphatic rings. The highest BCUT2D eigenvalue weighted by atomic mass is 16.3. The quantitative estimate of drug-likeness (QED) is 0.719. The summed E-state index contributed by atoms with van der Waals surface area (Å²) in [6, 6.07) is 1.77. The predicted molar refractivity (Wildman–Crippen MR) is 51.1 cm³/mol. The molecule has 0 radical (unpaired) electrons. The Labute approximate surface area is 77.8 Å². The Bertz CT molecular complexity index is 263. The van der Waals surface area contributed by atoms with E-state index >= 15 is 0 Å². The first-order valence-corrected chi connectivity index (χ1v) is 4.43. The Kier molecular flexibility index (Phi) is 3.64. The van der Waals surface area contributed by atoms with Crippen LogP contribution in [0.2, 0.25) is 0 Å². The second-order valence-electron chi connectivity index (χ2n) is 3.18. The molecule has 0 spiro atoms. The van der Waals surface area contributed by atoms with Crippen LogP contribution >= 0.6 is 0 Å².